The smallest absolute Gasteiger partial charge is 0.164 e. The molecule has 2 aliphatic rings. The maximum atomic E-state index is 7.18. The Morgan fingerprint density at radius 1 is 0.333 bits per heavy atom. The molecule has 0 atom stereocenters. The molecule has 11 rings (SSSR count). The van der Waals surface area contributed by atoms with Crippen molar-refractivity contribution in [3.8, 4) is 90.2 Å². The third kappa shape index (κ3) is 6.13. The van der Waals surface area contributed by atoms with Crippen molar-refractivity contribution >= 4 is 12.2 Å². The zero-order valence-corrected chi connectivity index (χ0v) is 33.3. The summed E-state index contributed by atoms with van der Waals surface area (Å²) < 4.78 is 7.18. The first-order chi connectivity index (χ1) is 29.5. The van der Waals surface area contributed by atoms with E-state index in [0.29, 0.717) is 17.5 Å². The van der Waals surface area contributed by atoms with Gasteiger partial charge in [-0.3, -0.25) is 0 Å². The van der Waals surface area contributed by atoms with Crippen LogP contribution in [0.4, 0.5) is 0 Å². The second-order valence-electron chi connectivity index (χ2n) is 16.0. The van der Waals surface area contributed by atoms with Crippen LogP contribution in [0.1, 0.15) is 36.1 Å². The summed E-state index contributed by atoms with van der Waals surface area (Å²) >= 11 is 0. The summed E-state index contributed by atoms with van der Waals surface area (Å²) in [6.07, 6.45) is 4.44. The summed E-state index contributed by atoms with van der Waals surface area (Å²) in [7, 11) is 0. The van der Waals surface area contributed by atoms with Gasteiger partial charge in [0.05, 0.1) is 0 Å². The van der Waals surface area contributed by atoms with Crippen LogP contribution >= 0.6 is 0 Å². The van der Waals surface area contributed by atoms with Crippen LogP contribution in [0, 0.1) is 0 Å². The molecule has 0 saturated heterocycles. The van der Waals surface area contributed by atoms with Gasteiger partial charge >= 0.3 is 0 Å². The van der Waals surface area contributed by atoms with Crippen LogP contribution in [0.2, 0.25) is 0 Å². The lowest BCUT2D eigenvalue weighted by atomic mass is 9.81. The number of para-hydroxylation sites is 1. The summed E-state index contributed by atoms with van der Waals surface area (Å²) in [5.74, 6) is 3.43. The number of fused-ring (bicyclic) bond motifs is 9. The van der Waals surface area contributed by atoms with Gasteiger partial charge in [0, 0.05) is 33.2 Å². The van der Waals surface area contributed by atoms with E-state index >= 15 is 0 Å². The fraction of sp³-hybridized carbons (Fsp3) is 0.0536. The molecule has 284 valence electrons. The van der Waals surface area contributed by atoms with Gasteiger partial charge in [0.15, 0.2) is 17.5 Å². The molecule has 2 heterocycles. The van der Waals surface area contributed by atoms with Crippen LogP contribution in [-0.4, -0.2) is 15.0 Å². The molecule has 0 fully saturated rings. The molecule has 8 aromatic carbocycles. The number of hydrogen-bond donors (Lipinski definition) is 0. The van der Waals surface area contributed by atoms with Gasteiger partial charge in [0.2, 0.25) is 0 Å². The Kier molecular flexibility index (Phi) is 8.45. The van der Waals surface area contributed by atoms with E-state index in [1.54, 1.807) is 0 Å². The van der Waals surface area contributed by atoms with Crippen LogP contribution < -0.4 is 4.74 Å². The molecule has 1 aliphatic heterocycles. The quantitative estimate of drug-likeness (QED) is 0.179. The highest BCUT2D eigenvalue weighted by atomic mass is 16.5. The summed E-state index contributed by atoms with van der Waals surface area (Å²) in [6, 6.07) is 65.8. The molecule has 4 heteroatoms. The second kappa shape index (κ2) is 14.3. The first-order valence-electron chi connectivity index (χ1n) is 20.4. The lowest BCUT2D eigenvalue weighted by Crippen LogP contribution is -2.15. The van der Waals surface area contributed by atoms with Crippen molar-refractivity contribution in [3.05, 3.63) is 210 Å². The van der Waals surface area contributed by atoms with Crippen molar-refractivity contribution in [2.75, 3.05) is 0 Å². The second-order valence-corrected chi connectivity index (χ2v) is 16.0. The molecule has 9 aromatic rings. The normalized spacial score (nSPS) is 13.6. The maximum absolute atomic E-state index is 7.18. The molecule has 0 saturated carbocycles. The molecule has 0 N–H and O–H groups in total. The lowest BCUT2D eigenvalue weighted by molar-refractivity contribution is 0.484. The molecule has 1 aliphatic carbocycles. The average molecular weight is 770 g/mol. The largest absolute Gasteiger partial charge is 0.456 e. The monoisotopic (exact) mass is 769 g/mol. The van der Waals surface area contributed by atoms with Crippen molar-refractivity contribution in [2.24, 2.45) is 0 Å². The minimum absolute atomic E-state index is 0.207. The van der Waals surface area contributed by atoms with Crippen molar-refractivity contribution < 1.29 is 4.74 Å². The average Bonchev–Trinajstić information content (AvgIpc) is 3.52. The van der Waals surface area contributed by atoms with E-state index in [4.69, 9.17) is 19.7 Å². The van der Waals surface area contributed by atoms with E-state index in [1.807, 2.05) is 42.5 Å². The predicted octanol–water partition coefficient (Wildman–Crippen LogP) is 14.5. The standard InChI is InChI=1S/C56H39N3O/c1-56(2)49-23-13-11-21-44(49)47-34-48-46-33-42(32-29-39(46)28-27-38-17-9-10-20-43(38)45-22-12-14-24-51(45)60-52(48)35-50(47)56)55-58-53(40-18-7-4-8-19-40)57-54(59-55)41-30-25-37(26-31-41)36-15-5-3-6-16-36/h3-35H,1-2H3/b28-27-. The summed E-state index contributed by atoms with van der Waals surface area (Å²) in [4.78, 5) is 15.4. The summed E-state index contributed by atoms with van der Waals surface area (Å²) in [6.45, 7) is 4.62. The lowest BCUT2D eigenvalue weighted by Gasteiger charge is -2.23. The Bertz CT molecular complexity index is 3130. The van der Waals surface area contributed by atoms with E-state index < -0.39 is 0 Å². The first-order valence-corrected chi connectivity index (χ1v) is 20.4. The third-order valence-corrected chi connectivity index (χ3v) is 12.0. The Labute approximate surface area is 350 Å². The van der Waals surface area contributed by atoms with Crippen LogP contribution in [0.15, 0.2) is 188 Å². The molecular formula is C56H39N3O. The molecule has 0 spiro atoms. The van der Waals surface area contributed by atoms with E-state index in [1.165, 1.54) is 22.3 Å². The molecule has 0 radical (unpaired) electrons. The molecule has 4 nitrogen and oxygen atoms in total. The van der Waals surface area contributed by atoms with Crippen molar-refractivity contribution in [3.63, 3.8) is 0 Å². The Morgan fingerprint density at radius 2 is 0.850 bits per heavy atom. The van der Waals surface area contributed by atoms with Gasteiger partial charge < -0.3 is 4.74 Å². The van der Waals surface area contributed by atoms with Crippen LogP contribution in [0.5, 0.6) is 11.5 Å². The summed E-state index contributed by atoms with van der Waals surface area (Å²) in [5.41, 5.74) is 16.2. The number of ether oxygens (including phenoxy) is 1. The zero-order valence-electron chi connectivity index (χ0n) is 33.3. The van der Waals surface area contributed by atoms with Gasteiger partial charge in [-0.25, -0.2) is 15.0 Å². The van der Waals surface area contributed by atoms with Crippen molar-refractivity contribution in [1.82, 2.24) is 15.0 Å². The minimum atomic E-state index is -0.207. The third-order valence-electron chi connectivity index (χ3n) is 12.0. The number of aromatic nitrogens is 3. The Balaban J connectivity index is 1.13. The van der Waals surface area contributed by atoms with Crippen LogP contribution in [0.25, 0.3) is 90.8 Å². The molecule has 0 amide bonds. The van der Waals surface area contributed by atoms with Gasteiger partial charge in [-0.1, -0.05) is 190 Å². The molecule has 60 heavy (non-hydrogen) atoms. The first kappa shape index (κ1) is 35.5. The Hall–Kier alpha value is -7.69. The van der Waals surface area contributed by atoms with Gasteiger partial charge in [-0.05, 0) is 79.9 Å². The number of nitrogens with zero attached hydrogens (tertiary/aromatic N) is 3. The zero-order chi connectivity index (χ0) is 40.2. The molecular weight excluding hydrogens is 731 g/mol. The van der Waals surface area contributed by atoms with Crippen LogP contribution in [-0.2, 0) is 5.41 Å². The topological polar surface area (TPSA) is 47.9 Å². The van der Waals surface area contributed by atoms with E-state index in [-0.39, 0.29) is 5.41 Å². The van der Waals surface area contributed by atoms with Gasteiger partial charge in [0.1, 0.15) is 11.5 Å². The fourth-order valence-electron chi connectivity index (χ4n) is 8.85. The SMILES string of the molecule is CC1(C)c2ccccc2-c2cc3c(cc21)Oc1ccccc1-c1ccccc1/C=C\c1ccc(-c2nc(-c4ccccc4)nc(-c4ccc(-c5ccccc5)cc4)n2)cc1-3. The predicted molar refractivity (Wildman–Crippen MR) is 245 cm³/mol. The van der Waals surface area contributed by atoms with E-state index in [0.717, 1.165) is 72.7 Å². The number of hydrogen-bond acceptors (Lipinski definition) is 4. The van der Waals surface area contributed by atoms with E-state index in [9.17, 15) is 0 Å². The summed E-state index contributed by atoms with van der Waals surface area (Å²) in [5, 5.41) is 0. The van der Waals surface area contributed by atoms with Gasteiger partial charge in [0.25, 0.3) is 0 Å². The highest BCUT2D eigenvalue weighted by molar-refractivity contribution is 5.93. The number of benzene rings is 8. The van der Waals surface area contributed by atoms with E-state index in [2.05, 4.69) is 172 Å². The van der Waals surface area contributed by atoms with Crippen LogP contribution in [0.3, 0.4) is 0 Å². The Morgan fingerprint density at radius 3 is 1.58 bits per heavy atom. The highest BCUT2D eigenvalue weighted by Crippen LogP contribution is 2.53. The van der Waals surface area contributed by atoms with Crippen molar-refractivity contribution in [2.45, 2.75) is 19.3 Å². The van der Waals surface area contributed by atoms with Gasteiger partial charge in [-0.2, -0.15) is 0 Å². The molecule has 0 bridgehead atoms. The van der Waals surface area contributed by atoms with Crippen molar-refractivity contribution in [1.29, 1.82) is 0 Å². The number of rotatable bonds is 4. The maximum Gasteiger partial charge on any atom is 0.164 e. The van der Waals surface area contributed by atoms with Gasteiger partial charge in [-0.15, -0.1) is 0 Å². The molecule has 0 unspecified atom stereocenters. The minimum Gasteiger partial charge on any atom is -0.456 e. The highest BCUT2D eigenvalue weighted by Gasteiger charge is 2.37. The molecule has 1 aromatic heterocycles. The fourth-order valence-corrected chi connectivity index (χ4v) is 8.85.